The Morgan fingerprint density at radius 2 is 2.05 bits per heavy atom. The minimum absolute atomic E-state index is 0.153. The fourth-order valence-corrected chi connectivity index (χ4v) is 2.07. The number of methoxy groups -OCH3 is 1. The Labute approximate surface area is 130 Å². The molecule has 6 nitrogen and oxygen atoms in total. The van der Waals surface area contributed by atoms with Crippen molar-refractivity contribution < 1.29 is 9.53 Å². The molecule has 0 saturated heterocycles. The molecule has 0 aliphatic carbocycles. The first-order valence-corrected chi connectivity index (χ1v) is 7.16. The third-order valence-corrected chi connectivity index (χ3v) is 2.99. The fraction of sp³-hybridized carbons (Fsp3) is 0.375. The van der Waals surface area contributed by atoms with Gasteiger partial charge in [-0.25, -0.2) is 4.98 Å². The van der Waals surface area contributed by atoms with Crippen molar-refractivity contribution in [3.8, 4) is 6.01 Å². The van der Waals surface area contributed by atoms with Crippen molar-refractivity contribution in [3.05, 3.63) is 48.0 Å². The van der Waals surface area contributed by atoms with E-state index in [2.05, 4.69) is 28.8 Å². The molecule has 0 spiro atoms. The number of hydrogen-bond donors (Lipinski definition) is 0. The molecule has 2 rings (SSSR count). The average molecular weight is 300 g/mol. The number of rotatable bonds is 6. The summed E-state index contributed by atoms with van der Waals surface area (Å²) in [5.41, 5.74) is 1.17. The maximum absolute atomic E-state index is 12.7. The van der Waals surface area contributed by atoms with E-state index in [1.54, 1.807) is 17.2 Å². The first-order valence-electron chi connectivity index (χ1n) is 7.16. The van der Waals surface area contributed by atoms with Crippen LogP contribution in [0.15, 0.2) is 36.7 Å². The first kappa shape index (κ1) is 15.9. The number of ether oxygens (including phenoxy) is 1. The maximum atomic E-state index is 12.7. The van der Waals surface area contributed by atoms with Crippen LogP contribution in [0.25, 0.3) is 0 Å². The number of aromatic nitrogens is 3. The molecule has 0 bridgehead atoms. The van der Waals surface area contributed by atoms with Crippen LogP contribution in [0, 0.1) is 5.92 Å². The van der Waals surface area contributed by atoms with Gasteiger partial charge in [-0.3, -0.25) is 9.78 Å². The lowest BCUT2D eigenvalue weighted by Gasteiger charge is -2.24. The molecular formula is C16H20N4O2. The molecule has 0 unspecified atom stereocenters. The van der Waals surface area contributed by atoms with Crippen molar-refractivity contribution in [1.82, 2.24) is 19.9 Å². The number of nitrogens with zero attached hydrogens (tertiary/aromatic N) is 4. The van der Waals surface area contributed by atoms with E-state index in [0.717, 1.165) is 5.69 Å². The second-order valence-corrected chi connectivity index (χ2v) is 5.33. The molecule has 0 N–H and O–H groups in total. The summed E-state index contributed by atoms with van der Waals surface area (Å²) in [5, 5.41) is 0. The lowest BCUT2D eigenvalue weighted by Crippen LogP contribution is -2.34. The van der Waals surface area contributed by atoms with Crippen LogP contribution in [0.1, 0.15) is 30.0 Å². The Bertz CT molecular complexity index is 617. The Hall–Kier alpha value is -2.50. The molecule has 0 fully saturated rings. The van der Waals surface area contributed by atoms with Gasteiger partial charge in [-0.1, -0.05) is 19.9 Å². The van der Waals surface area contributed by atoms with E-state index in [1.807, 2.05) is 18.2 Å². The van der Waals surface area contributed by atoms with Crippen molar-refractivity contribution in [2.75, 3.05) is 13.7 Å². The second kappa shape index (κ2) is 7.49. The summed E-state index contributed by atoms with van der Waals surface area (Å²) >= 11 is 0. The summed E-state index contributed by atoms with van der Waals surface area (Å²) in [7, 11) is 1.48. The van der Waals surface area contributed by atoms with Crippen LogP contribution in [0.5, 0.6) is 6.01 Å². The number of carbonyl (C=O) groups is 1. The van der Waals surface area contributed by atoms with Crippen molar-refractivity contribution in [3.63, 3.8) is 0 Å². The lowest BCUT2D eigenvalue weighted by atomic mass is 10.2. The zero-order valence-corrected chi connectivity index (χ0v) is 13.1. The predicted octanol–water partition coefficient (Wildman–Crippen LogP) is 2.18. The number of pyridine rings is 1. The normalized spacial score (nSPS) is 10.5. The zero-order valence-electron chi connectivity index (χ0n) is 13.1. The highest BCUT2D eigenvalue weighted by molar-refractivity contribution is 5.92. The van der Waals surface area contributed by atoms with Gasteiger partial charge in [0.25, 0.3) is 5.91 Å². The van der Waals surface area contributed by atoms with E-state index in [4.69, 9.17) is 4.74 Å². The minimum Gasteiger partial charge on any atom is -0.467 e. The predicted molar refractivity (Wildman–Crippen MR) is 82.4 cm³/mol. The largest absolute Gasteiger partial charge is 0.467 e. The molecule has 0 aliphatic rings. The first-order chi connectivity index (χ1) is 10.6. The van der Waals surface area contributed by atoms with E-state index < -0.39 is 0 Å². The minimum atomic E-state index is -0.153. The van der Waals surface area contributed by atoms with Gasteiger partial charge in [-0.15, -0.1) is 0 Å². The Kier molecular flexibility index (Phi) is 5.41. The quantitative estimate of drug-likeness (QED) is 0.818. The van der Waals surface area contributed by atoms with Crippen LogP contribution >= 0.6 is 0 Å². The smallest absolute Gasteiger partial charge is 0.316 e. The van der Waals surface area contributed by atoms with Crippen molar-refractivity contribution >= 4 is 5.91 Å². The van der Waals surface area contributed by atoms with Gasteiger partial charge in [0, 0.05) is 18.9 Å². The van der Waals surface area contributed by atoms with Crippen LogP contribution in [0.4, 0.5) is 0 Å². The Morgan fingerprint density at radius 1 is 1.23 bits per heavy atom. The van der Waals surface area contributed by atoms with Crippen LogP contribution in [0.2, 0.25) is 0 Å². The molecular weight excluding hydrogens is 280 g/mol. The van der Waals surface area contributed by atoms with Gasteiger partial charge in [0.15, 0.2) is 0 Å². The number of carbonyl (C=O) groups excluding carboxylic acids is 1. The van der Waals surface area contributed by atoms with Gasteiger partial charge >= 0.3 is 6.01 Å². The third-order valence-electron chi connectivity index (χ3n) is 2.99. The van der Waals surface area contributed by atoms with Crippen molar-refractivity contribution in [2.45, 2.75) is 20.4 Å². The molecule has 1 amide bonds. The SMILES string of the molecule is COc1nccc(C(=O)N(Cc2ccccn2)CC(C)C)n1. The molecule has 6 heteroatoms. The highest BCUT2D eigenvalue weighted by atomic mass is 16.5. The van der Waals surface area contributed by atoms with Gasteiger partial charge in [0.2, 0.25) is 0 Å². The highest BCUT2D eigenvalue weighted by Crippen LogP contribution is 2.11. The van der Waals surface area contributed by atoms with Gasteiger partial charge in [-0.2, -0.15) is 4.98 Å². The Morgan fingerprint density at radius 3 is 2.68 bits per heavy atom. The average Bonchev–Trinajstić information content (AvgIpc) is 2.54. The third kappa shape index (κ3) is 4.25. The summed E-state index contributed by atoms with van der Waals surface area (Å²) in [6.45, 7) is 5.21. The molecule has 116 valence electrons. The summed E-state index contributed by atoms with van der Waals surface area (Å²) < 4.78 is 4.98. The number of hydrogen-bond acceptors (Lipinski definition) is 5. The van der Waals surface area contributed by atoms with Crippen LogP contribution in [0.3, 0.4) is 0 Å². The van der Waals surface area contributed by atoms with Gasteiger partial charge < -0.3 is 9.64 Å². The topological polar surface area (TPSA) is 68.2 Å². The molecule has 0 atom stereocenters. The summed E-state index contributed by atoms with van der Waals surface area (Å²) in [4.78, 5) is 26.8. The molecule has 0 radical (unpaired) electrons. The molecule has 22 heavy (non-hydrogen) atoms. The standard InChI is InChI=1S/C16H20N4O2/c1-12(2)10-20(11-13-6-4-5-8-17-13)15(21)14-7-9-18-16(19-14)22-3/h4-9,12H,10-11H2,1-3H3. The second-order valence-electron chi connectivity index (χ2n) is 5.33. The fourth-order valence-electron chi connectivity index (χ4n) is 2.07. The summed E-state index contributed by atoms with van der Waals surface area (Å²) in [5.74, 6) is 0.191. The van der Waals surface area contributed by atoms with E-state index in [9.17, 15) is 4.79 Å². The molecule has 0 aromatic carbocycles. The maximum Gasteiger partial charge on any atom is 0.316 e. The van der Waals surface area contributed by atoms with E-state index >= 15 is 0 Å². The van der Waals surface area contributed by atoms with E-state index in [-0.39, 0.29) is 11.9 Å². The molecule has 0 aliphatic heterocycles. The summed E-state index contributed by atoms with van der Waals surface area (Å²) in [6, 6.07) is 7.45. The molecule has 0 saturated carbocycles. The van der Waals surface area contributed by atoms with Gasteiger partial charge in [-0.05, 0) is 24.1 Å². The zero-order chi connectivity index (χ0) is 15.9. The Balaban J connectivity index is 2.22. The van der Waals surface area contributed by atoms with Crippen LogP contribution in [-0.2, 0) is 6.54 Å². The lowest BCUT2D eigenvalue weighted by molar-refractivity contribution is 0.0713. The van der Waals surface area contributed by atoms with Crippen LogP contribution < -0.4 is 4.74 Å². The van der Waals surface area contributed by atoms with Crippen LogP contribution in [-0.4, -0.2) is 39.4 Å². The number of amides is 1. The van der Waals surface area contributed by atoms with Gasteiger partial charge in [0.05, 0.1) is 19.3 Å². The highest BCUT2D eigenvalue weighted by Gasteiger charge is 2.19. The monoisotopic (exact) mass is 300 g/mol. The van der Waals surface area contributed by atoms with Crippen molar-refractivity contribution in [1.29, 1.82) is 0 Å². The molecule has 2 aromatic heterocycles. The van der Waals surface area contributed by atoms with Gasteiger partial charge in [0.1, 0.15) is 5.69 Å². The van der Waals surface area contributed by atoms with E-state index in [1.165, 1.54) is 13.3 Å². The van der Waals surface area contributed by atoms with E-state index in [0.29, 0.717) is 24.7 Å². The summed E-state index contributed by atoms with van der Waals surface area (Å²) in [6.07, 6.45) is 3.24. The van der Waals surface area contributed by atoms with Crippen molar-refractivity contribution in [2.24, 2.45) is 5.92 Å². The molecule has 2 aromatic rings. The molecule has 2 heterocycles.